The third-order valence-electron chi connectivity index (χ3n) is 2.37. The SMILES string of the molecule is CN(C)C1CCCC1C=O. The highest BCUT2D eigenvalue weighted by molar-refractivity contribution is 5.55. The standard InChI is InChI=1S/C8H15NO/c1-9(2)8-5-3-4-7(8)6-10/h6-8H,3-5H2,1-2H3. The van der Waals surface area contributed by atoms with E-state index >= 15 is 0 Å². The van der Waals surface area contributed by atoms with Gasteiger partial charge in [-0.2, -0.15) is 0 Å². The van der Waals surface area contributed by atoms with Gasteiger partial charge in [0.15, 0.2) is 0 Å². The lowest BCUT2D eigenvalue weighted by Crippen LogP contribution is -2.31. The largest absolute Gasteiger partial charge is 0.306 e. The fourth-order valence-corrected chi connectivity index (χ4v) is 1.77. The Hall–Kier alpha value is -0.370. The quantitative estimate of drug-likeness (QED) is 0.533. The molecule has 2 heteroatoms. The lowest BCUT2D eigenvalue weighted by Gasteiger charge is -2.21. The van der Waals surface area contributed by atoms with Gasteiger partial charge in [-0.25, -0.2) is 0 Å². The summed E-state index contributed by atoms with van der Waals surface area (Å²) in [4.78, 5) is 12.7. The number of hydrogen-bond donors (Lipinski definition) is 0. The predicted molar refractivity (Wildman–Crippen MR) is 40.9 cm³/mol. The summed E-state index contributed by atoms with van der Waals surface area (Å²) >= 11 is 0. The number of hydrogen-bond acceptors (Lipinski definition) is 2. The first-order valence-electron chi connectivity index (χ1n) is 3.87. The Bertz CT molecular complexity index is 122. The zero-order valence-electron chi connectivity index (χ0n) is 6.71. The molecule has 1 fully saturated rings. The molecule has 0 aromatic rings. The summed E-state index contributed by atoms with van der Waals surface area (Å²) in [6, 6.07) is 0.512. The van der Waals surface area contributed by atoms with E-state index in [0.29, 0.717) is 12.0 Å². The zero-order chi connectivity index (χ0) is 7.56. The molecule has 0 aliphatic heterocycles. The molecule has 1 aliphatic rings. The van der Waals surface area contributed by atoms with Gasteiger partial charge in [0.05, 0.1) is 0 Å². The van der Waals surface area contributed by atoms with Crippen LogP contribution in [0.1, 0.15) is 19.3 Å². The molecule has 0 radical (unpaired) electrons. The molecule has 10 heavy (non-hydrogen) atoms. The molecule has 0 N–H and O–H groups in total. The average molecular weight is 141 g/mol. The molecule has 2 nitrogen and oxygen atoms in total. The molecule has 0 amide bonds. The fraction of sp³-hybridized carbons (Fsp3) is 0.875. The van der Waals surface area contributed by atoms with Crippen LogP contribution >= 0.6 is 0 Å². The van der Waals surface area contributed by atoms with Crippen LogP contribution in [0.25, 0.3) is 0 Å². The summed E-state index contributed by atoms with van der Waals surface area (Å²) in [5.74, 6) is 0.301. The van der Waals surface area contributed by atoms with E-state index in [1.807, 2.05) is 14.1 Å². The van der Waals surface area contributed by atoms with Gasteiger partial charge in [0, 0.05) is 12.0 Å². The van der Waals surface area contributed by atoms with Gasteiger partial charge < -0.3 is 9.69 Å². The van der Waals surface area contributed by atoms with Gasteiger partial charge in [0.1, 0.15) is 6.29 Å². The highest BCUT2D eigenvalue weighted by Crippen LogP contribution is 2.26. The normalized spacial score (nSPS) is 33.1. The fourth-order valence-electron chi connectivity index (χ4n) is 1.77. The Balaban J connectivity index is 2.49. The highest BCUT2D eigenvalue weighted by atomic mass is 16.1. The molecule has 0 aromatic carbocycles. The van der Waals surface area contributed by atoms with Crippen LogP contribution in [-0.4, -0.2) is 31.3 Å². The van der Waals surface area contributed by atoms with Gasteiger partial charge in [0.2, 0.25) is 0 Å². The molecular weight excluding hydrogens is 126 g/mol. The van der Waals surface area contributed by atoms with Gasteiger partial charge in [-0.05, 0) is 26.9 Å². The zero-order valence-corrected chi connectivity index (χ0v) is 6.71. The van der Waals surface area contributed by atoms with Crippen LogP contribution < -0.4 is 0 Å². The van der Waals surface area contributed by atoms with E-state index in [1.165, 1.54) is 12.8 Å². The summed E-state index contributed by atoms with van der Waals surface area (Å²) < 4.78 is 0. The predicted octanol–water partition coefficient (Wildman–Crippen LogP) is 0.916. The molecule has 58 valence electrons. The van der Waals surface area contributed by atoms with Gasteiger partial charge >= 0.3 is 0 Å². The summed E-state index contributed by atoms with van der Waals surface area (Å²) in [6.45, 7) is 0. The van der Waals surface area contributed by atoms with E-state index in [1.54, 1.807) is 0 Å². The van der Waals surface area contributed by atoms with Crippen molar-refractivity contribution >= 4 is 6.29 Å². The van der Waals surface area contributed by atoms with Crippen molar-refractivity contribution in [1.82, 2.24) is 4.90 Å². The molecule has 2 unspecified atom stereocenters. The van der Waals surface area contributed by atoms with E-state index in [0.717, 1.165) is 12.7 Å². The van der Waals surface area contributed by atoms with Crippen molar-refractivity contribution in [3.63, 3.8) is 0 Å². The molecule has 0 aromatic heterocycles. The van der Waals surface area contributed by atoms with Gasteiger partial charge in [-0.15, -0.1) is 0 Å². The lowest BCUT2D eigenvalue weighted by atomic mass is 10.1. The third-order valence-corrected chi connectivity index (χ3v) is 2.37. The Morgan fingerprint density at radius 2 is 2.10 bits per heavy atom. The molecular formula is C8H15NO. The van der Waals surface area contributed by atoms with Crippen molar-refractivity contribution in [2.75, 3.05) is 14.1 Å². The minimum absolute atomic E-state index is 0.301. The minimum Gasteiger partial charge on any atom is -0.306 e. The second-order valence-electron chi connectivity index (χ2n) is 3.26. The minimum atomic E-state index is 0.301. The topological polar surface area (TPSA) is 20.3 Å². The van der Waals surface area contributed by atoms with Crippen molar-refractivity contribution in [3.8, 4) is 0 Å². The van der Waals surface area contributed by atoms with E-state index in [-0.39, 0.29) is 0 Å². The Morgan fingerprint density at radius 3 is 2.50 bits per heavy atom. The first-order chi connectivity index (χ1) is 4.75. The van der Waals surface area contributed by atoms with Crippen LogP contribution in [0.2, 0.25) is 0 Å². The van der Waals surface area contributed by atoms with Crippen molar-refractivity contribution in [3.05, 3.63) is 0 Å². The molecule has 1 rings (SSSR count). The van der Waals surface area contributed by atoms with Crippen molar-refractivity contribution < 1.29 is 4.79 Å². The van der Waals surface area contributed by atoms with Crippen LogP contribution in [0.5, 0.6) is 0 Å². The number of aldehydes is 1. The maximum atomic E-state index is 10.5. The van der Waals surface area contributed by atoms with E-state index in [2.05, 4.69) is 4.90 Å². The molecule has 0 bridgehead atoms. The summed E-state index contributed by atoms with van der Waals surface area (Å²) in [5, 5.41) is 0. The van der Waals surface area contributed by atoms with Crippen LogP contribution in [0.3, 0.4) is 0 Å². The second-order valence-corrected chi connectivity index (χ2v) is 3.26. The van der Waals surface area contributed by atoms with Crippen LogP contribution in [0, 0.1) is 5.92 Å². The maximum absolute atomic E-state index is 10.5. The number of carbonyl (C=O) groups is 1. The summed E-state index contributed by atoms with van der Waals surface area (Å²) in [5.41, 5.74) is 0. The number of rotatable bonds is 2. The smallest absolute Gasteiger partial charge is 0.124 e. The van der Waals surface area contributed by atoms with Gasteiger partial charge in [-0.1, -0.05) is 6.42 Å². The van der Waals surface area contributed by atoms with Crippen molar-refractivity contribution in [2.24, 2.45) is 5.92 Å². The number of nitrogens with zero attached hydrogens (tertiary/aromatic N) is 1. The first kappa shape index (κ1) is 7.73. The molecule has 0 heterocycles. The third kappa shape index (κ3) is 1.37. The summed E-state index contributed by atoms with van der Waals surface area (Å²) in [7, 11) is 4.10. The Morgan fingerprint density at radius 1 is 1.40 bits per heavy atom. The van der Waals surface area contributed by atoms with E-state index in [9.17, 15) is 4.79 Å². The number of carbonyl (C=O) groups excluding carboxylic acids is 1. The molecule has 2 atom stereocenters. The highest BCUT2D eigenvalue weighted by Gasteiger charge is 2.27. The van der Waals surface area contributed by atoms with E-state index in [4.69, 9.17) is 0 Å². The van der Waals surface area contributed by atoms with Crippen LogP contribution in [-0.2, 0) is 4.79 Å². The first-order valence-corrected chi connectivity index (χ1v) is 3.87. The maximum Gasteiger partial charge on any atom is 0.124 e. The van der Waals surface area contributed by atoms with Gasteiger partial charge in [0.25, 0.3) is 0 Å². The monoisotopic (exact) mass is 141 g/mol. The lowest BCUT2D eigenvalue weighted by molar-refractivity contribution is -0.112. The van der Waals surface area contributed by atoms with Crippen molar-refractivity contribution in [2.45, 2.75) is 25.3 Å². The molecule has 1 aliphatic carbocycles. The molecule has 0 spiro atoms. The van der Waals surface area contributed by atoms with Crippen LogP contribution in [0.4, 0.5) is 0 Å². The summed E-state index contributed by atoms with van der Waals surface area (Å²) in [6.07, 6.45) is 4.60. The Labute approximate surface area is 62.2 Å². The Kier molecular flexibility index (Phi) is 2.44. The van der Waals surface area contributed by atoms with Crippen LogP contribution in [0.15, 0.2) is 0 Å². The molecule has 1 saturated carbocycles. The average Bonchev–Trinajstić information content (AvgIpc) is 2.33. The van der Waals surface area contributed by atoms with Crippen molar-refractivity contribution in [1.29, 1.82) is 0 Å². The second kappa shape index (κ2) is 3.15. The molecule has 0 saturated heterocycles. The van der Waals surface area contributed by atoms with E-state index < -0.39 is 0 Å². The van der Waals surface area contributed by atoms with Gasteiger partial charge in [-0.3, -0.25) is 0 Å².